The van der Waals surface area contributed by atoms with Crippen molar-refractivity contribution >= 4 is 9.84 Å². The van der Waals surface area contributed by atoms with Gasteiger partial charge in [0.05, 0.1) is 11.4 Å². The van der Waals surface area contributed by atoms with Crippen molar-refractivity contribution in [2.75, 3.05) is 5.75 Å². The van der Waals surface area contributed by atoms with Gasteiger partial charge in [0.1, 0.15) is 0 Å². The number of rotatable bonds is 2. The summed E-state index contributed by atoms with van der Waals surface area (Å²) in [7, 11) is -3.43. The monoisotopic (exact) mass is 538 g/mol. The molecule has 0 aromatic carbocycles. The van der Waals surface area contributed by atoms with Crippen LogP contribution >= 0.6 is 0 Å². The molecule has 6 rings (SSSR count). The highest BCUT2D eigenvalue weighted by atomic mass is 32.2. The highest BCUT2D eigenvalue weighted by Gasteiger charge is 2.67. The number of aromatic nitrogens is 2. The molecule has 210 valence electrons. The second-order valence-corrected chi connectivity index (χ2v) is 17.5. The minimum atomic E-state index is -3.43. The van der Waals surface area contributed by atoms with Crippen molar-refractivity contribution < 1.29 is 8.42 Å². The van der Waals surface area contributed by atoms with Gasteiger partial charge in [-0.1, -0.05) is 73.5 Å². The van der Waals surface area contributed by atoms with Gasteiger partial charge in [-0.15, -0.1) is 0 Å². The molecule has 1 heterocycles. The van der Waals surface area contributed by atoms with E-state index in [2.05, 4.69) is 59.5 Å². The maximum Gasteiger partial charge on any atom is 0.247 e. The molecule has 0 amide bonds. The summed E-state index contributed by atoms with van der Waals surface area (Å²) in [6, 6.07) is 0. The molecule has 5 heteroatoms. The molecule has 0 N–H and O–H groups in total. The van der Waals surface area contributed by atoms with E-state index in [9.17, 15) is 8.42 Å². The van der Waals surface area contributed by atoms with Crippen molar-refractivity contribution in [2.45, 2.75) is 117 Å². The molecule has 0 aliphatic heterocycles. The summed E-state index contributed by atoms with van der Waals surface area (Å²) in [6.45, 7) is 19.3. The highest BCUT2D eigenvalue weighted by Crippen LogP contribution is 2.73. The number of fused-ring (bicyclic) bond motifs is 8. The molecule has 3 fully saturated rings. The molecule has 4 nitrogen and oxygen atoms in total. The maximum absolute atomic E-state index is 12.7. The van der Waals surface area contributed by atoms with Gasteiger partial charge < -0.3 is 0 Å². The fourth-order valence-corrected chi connectivity index (χ4v) is 11.9. The largest absolute Gasteiger partial charge is 0.247 e. The first-order valence-electron chi connectivity index (χ1n) is 15.5. The van der Waals surface area contributed by atoms with Crippen LogP contribution in [-0.4, -0.2) is 24.1 Å². The van der Waals surface area contributed by atoms with Gasteiger partial charge >= 0.3 is 0 Å². The SMILES string of the molecule is CCS(=O)(=O)c1ncc2c(n1)C(C)(C)[C@@H]1CC[C@]3(C)[C@H](CC=C4C5[C@@H](CC[C@@H](C)[C@@H]5C)CC[C@]43C)[C@@]1(C)C2. The van der Waals surface area contributed by atoms with Gasteiger partial charge in [0.25, 0.3) is 0 Å². The van der Waals surface area contributed by atoms with Crippen molar-refractivity contribution in [2.24, 2.45) is 51.8 Å². The molecule has 1 aromatic rings. The Balaban J connectivity index is 1.43. The van der Waals surface area contributed by atoms with Gasteiger partial charge in [-0.2, -0.15) is 0 Å². The molecule has 5 aliphatic rings. The van der Waals surface area contributed by atoms with Gasteiger partial charge in [-0.3, -0.25) is 0 Å². The summed E-state index contributed by atoms with van der Waals surface area (Å²) in [5.74, 6) is 4.42. The smallest absolute Gasteiger partial charge is 0.227 e. The summed E-state index contributed by atoms with van der Waals surface area (Å²) >= 11 is 0. The van der Waals surface area contributed by atoms with Crippen LogP contribution < -0.4 is 0 Å². The lowest BCUT2D eigenvalue weighted by Crippen LogP contribution is -2.63. The summed E-state index contributed by atoms with van der Waals surface area (Å²) in [4.78, 5) is 9.20. The van der Waals surface area contributed by atoms with Crippen LogP contribution in [-0.2, 0) is 21.7 Å². The average Bonchev–Trinajstić information content (AvgIpc) is 2.86. The predicted molar refractivity (Wildman–Crippen MR) is 153 cm³/mol. The molecule has 1 unspecified atom stereocenters. The van der Waals surface area contributed by atoms with E-state index < -0.39 is 9.84 Å². The van der Waals surface area contributed by atoms with Crippen LogP contribution in [0.25, 0.3) is 0 Å². The predicted octanol–water partition coefficient (Wildman–Crippen LogP) is 7.57. The average molecular weight is 539 g/mol. The van der Waals surface area contributed by atoms with Crippen molar-refractivity contribution in [3.63, 3.8) is 0 Å². The molecule has 0 radical (unpaired) electrons. The number of sulfone groups is 1. The second-order valence-electron chi connectivity index (χ2n) is 15.4. The lowest BCUT2D eigenvalue weighted by molar-refractivity contribution is -0.154. The topological polar surface area (TPSA) is 59.9 Å². The molecule has 5 aliphatic carbocycles. The molecular weight excluding hydrogens is 488 g/mol. The van der Waals surface area contributed by atoms with Crippen LogP contribution in [0, 0.1) is 51.8 Å². The first-order chi connectivity index (χ1) is 17.7. The maximum atomic E-state index is 12.7. The Morgan fingerprint density at radius 3 is 2.42 bits per heavy atom. The Morgan fingerprint density at radius 2 is 1.71 bits per heavy atom. The number of nitrogens with zero attached hydrogens (tertiary/aromatic N) is 2. The van der Waals surface area contributed by atoms with Gasteiger partial charge in [0.15, 0.2) is 0 Å². The fraction of sp³-hybridized carbons (Fsp3) is 0.818. The van der Waals surface area contributed by atoms with Crippen molar-refractivity contribution in [3.05, 3.63) is 29.1 Å². The lowest BCUT2D eigenvalue weighted by Gasteiger charge is -2.70. The van der Waals surface area contributed by atoms with E-state index in [1.54, 1.807) is 6.92 Å². The standard InChI is InChI=1S/C33H50N2O2S/c1-9-38(36,37)29-34-19-23-18-31(6)25(30(4,5)28(23)35-29)15-17-33(8)26(31)13-12-24-27-21(3)20(2)10-11-22(27)14-16-32(24,33)7/h12,19-22,25-27H,9-11,13-18H2,1-8H3/t20-,21+,22+,25+,26-,27?,31+,32-,33-/m1/s1. The first-order valence-corrected chi connectivity index (χ1v) is 17.2. The molecule has 1 aromatic heterocycles. The highest BCUT2D eigenvalue weighted by molar-refractivity contribution is 7.91. The number of hydrogen-bond acceptors (Lipinski definition) is 4. The molecule has 38 heavy (non-hydrogen) atoms. The minimum Gasteiger partial charge on any atom is -0.227 e. The summed E-state index contributed by atoms with van der Waals surface area (Å²) in [6.07, 6.45) is 14.8. The Labute approximate surface area is 231 Å². The van der Waals surface area contributed by atoms with E-state index in [4.69, 9.17) is 4.98 Å². The molecule has 0 saturated heterocycles. The van der Waals surface area contributed by atoms with E-state index in [1.807, 2.05) is 11.8 Å². The van der Waals surface area contributed by atoms with E-state index in [0.29, 0.717) is 11.8 Å². The minimum absolute atomic E-state index is 0.0152. The van der Waals surface area contributed by atoms with Gasteiger partial charge in [0, 0.05) is 11.6 Å². The lowest BCUT2D eigenvalue weighted by atomic mass is 9.34. The third-order valence-corrected chi connectivity index (χ3v) is 15.2. The number of allylic oxidation sites excluding steroid dienone is 2. The second kappa shape index (κ2) is 8.40. The number of hydrogen-bond donors (Lipinski definition) is 0. The van der Waals surface area contributed by atoms with Crippen molar-refractivity contribution in [1.82, 2.24) is 9.97 Å². The van der Waals surface area contributed by atoms with E-state index in [0.717, 1.165) is 35.8 Å². The Bertz CT molecular complexity index is 1280. The Kier molecular flexibility index (Phi) is 5.96. The Morgan fingerprint density at radius 1 is 0.974 bits per heavy atom. The van der Waals surface area contributed by atoms with Crippen molar-refractivity contribution in [3.8, 4) is 0 Å². The zero-order valence-corrected chi connectivity index (χ0v) is 25.9. The van der Waals surface area contributed by atoms with Crippen LogP contribution in [0.5, 0.6) is 0 Å². The van der Waals surface area contributed by atoms with Gasteiger partial charge in [-0.05, 0) is 102 Å². The Hall–Kier alpha value is -1.23. The van der Waals surface area contributed by atoms with Crippen LogP contribution in [0.1, 0.15) is 112 Å². The third-order valence-electron chi connectivity index (χ3n) is 13.7. The van der Waals surface area contributed by atoms with Crippen LogP contribution in [0.15, 0.2) is 23.0 Å². The molecular formula is C33H50N2O2S. The molecule has 3 saturated carbocycles. The van der Waals surface area contributed by atoms with E-state index >= 15 is 0 Å². The van der Waals surface area contributed by atoms with Gasteiger partial charge in [0.2, 0.25) is 15.0 Å². The molecule has 0 spiro atoms. The normalized spacial score (nSPS) is 45.5. The summed E-state index contributed by atoms with van der Waals surface area (Å²) < 4.78 is 25.3. The zero-order chi connectivity index (χ0) is 27.5. The summed E-state index contributed by atoms with van der Waals surface area (Å²) in [5, 5.41) is 0.0152. The zero-order valence-electron chi connectivity index (χ0n) is 25.1. The fourth-order valence-electron chi connectivity index (χ4n) is 11.2. The molecule has 0 bridgehead atoms. The third kappa shape index (κ3) is 3.35. The van der Waals surface area contributed by atoms with E-state index in [1.165, 1.54) is 50.5 Å². The van der Waals surface area contributed by atoms with Gasteiger partial charge in [-0.25, -0.2) is 18.4 Å². The van der Waals surface area contributed by atoms with Crippen LogP contribution in [0.2, 0.25) is 0 Å². The van der Waals surface area contributed by atoms with Crippen LogP contribution in [0.4, 0.5) is 0 Å². The quantitative estimate of drug-likeness (QED) is 0.288. The van der Waals surface area contributed by atoms with Crippen molar-refractivity contribution in [1.29, 1.82) is 0 Å². The van der Waals surface area contributed by atoms with Crippen LogP contribution in [0.3, 0.4) is 0 Å². The first kappa shape index (κ1) is 27.0. The molecule has 9 atom stereocenters. The summed E-state index contributed by atoms with van der Waals surface area (Å²) in [5.41, 5.74) is 4.51. The van der Waals surface area contributed by atoms with E-state index in [-0.39, 0.29) is 32.6 Å².